The van der Waals surface area contributed by atoms with Crippen molar-refractivity contribution in [3.8, 4) is 0 Å². The fourth-order valence-electron chi connectivity index (χ4n) is 4.50. The molecule has 0 unspecified atom stereocenters. The van der Waals surface area contributed by atoms with E-state index in [9.17, 15) is 9.59 Å². The van der Waals surface area contributed by atoms with E-state index in [1.807, 2.05) is 30.3 Å². The number of rotatable bonds is 6. The van der Waals surface area contributed by atoms with Crippen LogP contribution in [0.1, 0.15) is 60.9 Å². The molecule has 0 spiro atoms. The summed E-state index contributed by atoms with van der Waals surface area (Å²) in [4.78, 5) is 27.7. The van der Waals surface area contributed by atoms with Crippen molar-refractivity contribution in [2.24, 2.45) is 5.92 Å². The lowest BCUT2D eigenvalue weighted by Crippen LogP contribution is -2.24. The van der Waals surface area contributed by atoms with E-state index in [1.165, 1.54) is 24.8 Å². The summed E-state index contributed by atoms with van der Waals surface area (Å²) in [5, 5.41) is 5.99. The summed E-state index contributed by atoms with van der Waals surface area (Å²) in [6, 6.07) is 15.2. The van der Waals surface area contributed by atoms with Gasteiger partial charge in [-0.25, -0.2) is 0 Å². The molecule has 5 nitrogen and oxygen atoms in total. The molecule has 2 aromatic carbocycles. The quantitative estimate of drug-likeness (QED) is 0.707. The second kappa shape index (κ2) is 9.90. The smallest absolute Gasteiger partial charge is 0.255 e. The van der Waals surface area contributed by atoms with Crippen molar-refractivity contribution >= 4 is 23.2 Å². The molecule has 4 rings (SSSR count). The van der Waals surface area contributed by atoms with Crippen molar-refractivity contribution in [1.29, 1.82) is 0 Å². The Morgan fingerprint density at radius 1 is 0.833 bits per heavy atom. The van der Waals surface area contributed by atoms with Gasteiger partial charge in [0.2, 0.25) is 5.91 Å². The van der Waals surface area contributed by atoms with Gasteiger partial charge in [0.15, 0.2) is 0 Å². The van der Waals surface area contributed by atoms with E-state index < -0.39 is 0 Å². The molecule has 1 heterocycles. The highest BCUT2D eigenvalue weighted by atomic mass is 16.2. The van der Waals surface area contributed by atoms with Crippen molar-refractivity contribution in [1.82, 2.24) is 4.90 Å². The largest absolute Gasteiger partial charge is 0.326 e. The molecular formula is C25H31N3O2. The minimum atomic E-state index is -0.165. The number of amides is 2. The average molecular weight is 406 g/mol. The number of benzene rings is 2. The first kappa shape index (κ1) is 20.6. The number of carbonyl (C=O) groups is 2. The molecule has 1 saturated carbocycles. The molecule has 1 aliphatic carbocycles. The van der Waals surface area contributed by atoms with Crippen LogP contribution in [-0.4, -0.2) is 29.8 Å². The van der Waals surface area contributed by atoms with Crippen LogP contribution >= 0.6 is 0 Å². The highest BCUT2D eigenvalue weighted by Crippen LogP contribution is 2.25. The first-order valence-corrected chi connectivity index (χ1v) is 11.2. The Hall–Kier alpha value is -2.66. The van der Waals surface area contributed by atoms with Gasteiger partial charge in [0, 0.05) is 29.4 Å². The molecule has 2 amide bonds. The van der Waals surface area contributed by atoms with Crippen LogP contribution in [-0.2, 0) is 11.3 Å². The Balaban J connectivity index is 1.37. The highest BCUT2D eigenvalue weighted by Gasteiger charge is 2.21. The van der Waals surface area contributed by atoms with Gasteiger partial charge in [-0.2, -0.15) is 0 Å². The molecule has 0 radical (unpaired) electrons. The molecule has 30 heavy (non-hydrogen) atoms. The number of nitrogens with zero attached hydrogens (tertiary/aromatic N) is 1. The standard InChI is InChI=1S/C25H31N3O2/c29-24(20-9-2-1-3-10-20)27-23-13-7-11-21(17-23)25(30)26-22-12-6-8-19(16-22)18-28-14-4-5-15-28/h6-8,11-13,16-17,20H,1-5,9-10,14-15,18H2,(H,26,30)(H,27,29). The lowest BCUT2D eigenvalue weighted by molar-refractivity contribution is -0.120. The molecule has 1 aliphatic heterocycles. The van der Waals surface area contributed by atoms with Crippen LogP contribution < -0.4 is 10.6 Å². The molecule has 2 aromatic rings. The van der Waals surface area contributed by atoms with Gasteiger partial charge in [-0.05, 0) is 74.7 Å². The Morgan fingerprint density at radius 3 is 2.30 bits per heavy atom. The van der Waals surface area contributed by atoms with Crippen molar-refractivity contribution in [2.45, 2.75) is 51.5 Å². The zero-order chi connectivity index (χ0) is 20.8. The fraction of sp³-hybridized carbons (Fsp3) is 0.440. The summed E-state index contributed by atoms with van der Waals surface area (Å²) >= 11 is 0. The van der Waals surface area contributed by atoms with Crippen LogP contribution in [0.25, 0.3) is 0 Å². The number of nitrogens with one attached hydrogen (secondary N) is 2. The minimum Gasteiger partial charge on any atom is -0.326 e. The van der Waals surface area contributed by atoms with Gasteiger partial charge in [-0.3, -0.25) is 14.5 Å². The molecule has 0 aromatic heterocycles. The summed E-state index contributed by atoms with van der Waals surface area (Å²) in [6.45, 7) is 3.22. The van der Waals surface area contributed by atoms with Crippen molar-refractivity contribution < 1.29 is 9.59 Å². The third kappa shape index (κ3) is 5.48. The molecule has 1 saturated heterocycles. The molecule has 2 N–H and O–H groups in total. The molecule has 0 bridgehead atoms. The minimum absolute atomic E-state index is 0.0712. The van der Waals surface area contributed by atoms with Crippen LogP contribution in [0.4, 0.5) is 11.4 Å². The lowest BCUT2D eigenvalue weighted by Gasteiger charge is -2.20. The summed E-state index contributed by atoms with van der Waals surface area (Å²) in [5.41, 5.74) is 3.24. The summed E-state index contributed by atoms with van der Waals surface area (Å²) in [6.07, 6.45) is 7.92. The maximum atomic E-state index is 12.8. The third-order valence-electron chi connectivity index (χ3n) is 6.16. The van der Waals surface area contributed by atoms with E-state index in [-0.39, 0.29) is 17.7 Å². The van der Waals surface area contributed by atoms with Gasteiger partial charge in [0.25, 0.3) is 5.91 Å². The molecule has 158 valence electrons. The predicted octanol–water partition coefficient (Wildman–Crippen LogP) is 5.05. The molecule has 2 aliphatic rings. The van der Waals surface area contributed by atoms with Crippen LogP contribution in [0.2, 0.25) is 0 Å². The van der Waals surface area contributed by atoms with Crippen molar-refractivity contribution in [3.05, 3.63) is 59.7 Å². The molecule has 5 heteroatoms. The maximum Gasteiger partial charge on any atom is 0.255 e. The number of anilines is 2. The van der Waals surface area contributed by atoms with Crippen LogP contribution in [0, 0.1) is 5.92 Å². The molecule has 0 atom stereocenters. The summed E-state index contributed by atoms with van der Waals surface area (Å²) in [7, 11) is 0. The fourth-order valence-corrected chi connectivity index (χ4v) is 4.50. The highest BCUT2D eigenvalue weighted by molar-refractivity contribution is 6.05. The molecule has 2 fully saturated rings. The predicted molar refractivity (Wildman–Crippen MR) is 121 cm³/mol. The van der Waals surface area contributed by atoms with Gasteiger partial charge < -0.3 is 10.6 Å². The third-order valence-corrected chi connectivity index (χ3v) is 6.16. The first-order chi connectivity index (χ1) is 14.7. The van der Waals surface area contributed by atoms with Crippen LogP contribution in [0.3, 0.4) is 0 Å². The number of hydrogen-bond donors (Lipinski definition) is 2. The number of carbonyl (C=O) groups excluding carboxylic acids is 2. The Morgan fingerprint density at radius 2 is 1.53 bits per heavy atom. The number of hydrogen-bond acceptors (Lipinski definition) is 3. The van der Waals surface area contributed by atoms with Crippen LogP contribution in [0.5, 0.6) is 0 Å². The van der Waals surface area contributed by atoms with Gasteiger partial charge in [0.1, 0.15) is 0 Å². The van der Waals surface area contributed by atoms with Gasteiger partial charge >= 0.3 is 0 Å². The first-order valence-electron chi connectivity index (χ1n) is 11.2. The van der Waals surface area contributed by atoms with E-state index in [0.717, 1.165) is 51.0 Å². The maximum absolute atomic E-state index is 12.8. The van der Waals surface area contributed by atoms with Crippen molar-refractivity contribution in [3.63, 3.8) is 0 Å². The van der Waals surface area contributed by atoms with Crippen LogP contribution in [0.15, 0.2) is 48.5 Å². The van der Waals surface area contributed by atoms with Gasteiger partial charge in [-0.1, -0.05) is 37.5 Å². The Labute approximate surface area is 178 Å². The summed E-state index contributed by atoms with van der Waals surface area (Å²) < 4.78 is 0. The number of likely N-dealkylation sites (tertiary alicyclic amines) is 1. The lowest BCUT2D eigenvalue weighted by atomic mass is 9.88. The topological polar surface area (TPSA) is 61.4 Å². The van der Waals surface area contributed by atoms with E-state index in [2.05, 4.69) is 21.6 Å². The monoisotopic (exact) mass is 405 g/mol. The summed E-state index contributed by atoms with van der Waals surface area (Å²) in [5.74, 6) is -0.00135. The van der Waals surface area contributed by atoms with Gasteiger partial charge in [-0.15, -0.1) is 0 Å². The van der Waals surface area contributed by atoms with E-state index in [0.29, 0.717) is 11.3 Å². The van der Waals surface area contributed by atoms with Crippen molar-refractivity contribution in [2.75, 3.05) is 23.7 Å². The van der Waals surface area contributed by atoms with E-state index >= 15 is 0 Å². The average Bonchev–Trinajstić information content (AvgIpc) is 3.28. The normalized spacial score (nSPS) is 17.6. The van der Waals surface area contributed by atoms with E-state index in [4.69, 9.17) is 0 Å². The Kier molecular flexibility index (Phi) is 6.80. The Bertz CT molecular complexity index is 883. The van der Waals surface area contributed by atoms with E-state index in [1.54, 1.807) is 12.1 Å². The zero-order valence-electron chi connectivity index (χ0n) is 17.5. The SMILES string of the molecule is O=C(Nc1cccc(CN2CCCC2)c1)c1cccc(NC(=O)C2CCCCC2)c1. The van der Waals surface area contributed by atoms with Gasteiger partial charge in [0.05, 0.1) is 0 Å². The zero-order valence-corrected chi connectivity index (χ0v) is 17.5. The second-order valence-electron chi connectivity index (χ2n) is 8.54. The molecular weight excluding hydrogens is 374 g/mol. The second-order valence-corrected chi connectivity index (χ2v) is 8.54.